The number of nitrogens with zero attached hydrogens (tertiary/aromatic N) is 2. The van der Waals surface area contributed by atoms with Crippen molar-refractivity contribution >= 4 is 11.4 Å². The summed E-state index contributed by atoms with van der Waals surface area (Å²) < 4.78 is 13.0. The summed E-state index contributed by atoms with van der Waals surface area (Å²) in [5, 5.41) is 0. The zero-order valence-electron chi connectivity index (χ0n) is 10.3. The van der Waals surface area contributed by atoms with Crippen LogP contribution in [0.4, 0.5) is 15.8 Å². The van der Waals surface area contributed by atoms with Gasteiger partial charge in [-0.1, -0.05) is 0 Å². The molecule has 2 aromatic rings. The van der Waals surface area contributed by atoms with E-state index in [1.54, 1.807) is 18.5 Å². The number of nitrogens with two attached hydrogens (primary N) is 1. The van der Waals surface area contributed by atoms with Gasteiger partial charge in [0, 0.05) is 26.0 Å². The van der Waals surface area contributed by atoms with Crippen LogP contribution in [-0.2, 0) is 6.42 Å². The number of likely N-dealkylation sites (N-methyl/N-ethyl adjacent to an activating group) is 1. The smallest absolute Gasteiger partial charge is 0.125 e. The monoisotopic (exact) mass is 245 g/mol. The van der Waals surface area contributed by atoms with Crippen molar-refractivity contribution in [2.75, 3.05) is 24.2 Å². The fourth-order valence-electron chi connectivity index (χ4n) is 1.84. The van der Waals surface area contributed by atoms with Crippen molar-refractivity contribution in [3.8, 4) is 0 Å². The molecule has 3 nitrogen and oxygen atoms in total. The Balaban J connectivity index is 2.01. The number of hydrogen-bond acceptors (Lipinski definition) is 3. The summed E-state index contributed by atoms with van der Waals surface area (Å²) >= 11 is 0. The Morgan fingerprint density at radius 3 is 2.61 bits per heavy atom. The van der Waals surface area contributed by atoms with E-state index in [9.17, 15) is 4.39 Å². The quantitative estimate of drug-likeness (QED) is 0.841. The number of rotatable bonds is 4. The zero-order chi connectivity index (χ0) is 13.0. The van der Waals surface area contributed by atoms with E-state index in [0.29, 0.717) is 5.69 Å². The van der Waals surface area contributed by atoms with Gasteiger partial charge in [0.15, 0.2) is 0 Å². The Labute approximate surface area is 106 Å². The van der Waals surface area contributed by atoms with Gasteiger partial charge in [0.05, 0.1) is 11.4 Å². The van der Waals surface area contributed by atoms with Crippen LogP contribution < -0.4 is 10.6 Å². The van der Waals surface area contributed by atoms with Crippen LogP contribution in [0.15, 0.2) is 42.7 Å². The van der Waals surface area contributed by atoms with E-state index in [1.807, 2.05) is 24.1 Å². The topological polar surface area (TPSA) is 42.2 Å². The molecule has 0 fully saturated rings. The molecule has 1 aromatic heterocycles. The number of benzene rings is 1. The lowest BCUT2D eigenvalue weighted by molar-refractivity contribution is 0.628. The van der Waals surface area contributed by atoms with Gasteiger partial charge in [0.1, 0.15) is 5.82 Å². The first-order valence-corrected chi connectivity index (χ1v) is 5.82. The first kappa shape index (κ1) is 12.4. The summed E-state index contributed by atoms with van der Waals surface area (Å²) in [6.45, 7) is 0.819. The largest absolute Gasteiger partial charge is 0.397 e. The molecule has 1 aromatic carbocycles. The van der Waals surface area contributed by atoms with E-state index in [-0.39, 0.29) is 5.82 Å². The summed E-state index contributed by atoms with van der Waals surface area (Å²) in [5.41, 5.74) is 8.34. The normalized spacial score (nSPS) is 10.3. The fraction of sp³-hybridized carbons (Fsp3) is 0.214. The third-order valence-electron chi connectivity index (χ3n) is 2.89. The minimum absolute atomic E-state index is 0.307. The van der Waals surface area contributed by atoms with Crippen molar-refractivity contribution < 1.29 is 4.39 Å². The molecular formula is C14H16FN3. The van der Waals surface area contributed by atoms with Gasteiger partial charge in [-0.2, -0.15) is 0 Å². The van der Waals surface area contributed by atoms with E-state index in [2.05, 4.69) is 4.98 Å². The molecule has 0 aliphatic carbocycles. The summed E-state index contributed by atoms with van der Waals surface area (Å²) in [4.78, 5) is 6.00. The van der Waals surface area contributed by atoms with Gasteiger partial charge in [-0.25, -0.2) is 4.39 Å². The molecule has 0 radical (unpaired) electrons. The zero-order valence-corrected chi connectivity index (χ0v) is 10.3. The molecule has 2 rings (SSSR count). The number of nitrogen functional groups attached to an aromatic ring is 1. The van der Waals surface area contributed by atoms with Crippen LogP contribution in [0.5, 0.6) is 0 Å². The number of anilines is 2. The maximum absolute atomic E-state index is 13.0. The third kappa shape index (κ3) is 2.97. The van der Waals surface area contributed by atoms with Crippen LogP contribution in [0.2, 0.25) is 0 Å². The third-order valence-corrected chi connectivity index (χ3v) is 2.89. The molecule has 0 atom stereocenters. The molecule has 0 saturated heterocycles. The predicted octanol–water partition coefficient (Wildman–Crippen LogP) is 2.48. The Morgan fingerprint density at radius 1 is 1.22 bits per heavy atom. The molecule has 0 unspecified atom stereocenters. The van der Waals surface area contributed by atoms with Crippen LogP contribution in [-0.4, -0.2) is 18.6 Å². The van der Waals surface area contributed by atoms with Gasteiger partial charge in [0.2, 0.25) is 0 Å². The molecule has 0 saturated carbocycles. The number of hydrogen-bond donors (Lipinski definition) is 1. The van der Waals surface area contributed by atoms with E-state index in [0.717, 1.165) is 18.7 Å². The second kappa shape index (κ2) is 5.49. The highest BCUT2D eigenvalue weighted by Crippen LogP contribution is 2.22. The van der Waals surface area contributed by atoms with Crippen molar-refractivity contribution in [2.45, 2.75) is 6.42 Å². The lowest BCUT2D eigenvalue weighted by Gasteiger charge is -2.21. The molecule has 94 valence electrons. The fourth-order valence-corrected chi connectivity index (χ4v) is 1.84. The van der Waals surface area contributed by atoms with Crippen molar-refractivity contribution in [1.29, 1.82) is 0 Å². The molecular weight excluding hydrogens is 229 g/mol. The average molecular weight is 245 g/mol. The number of aromatic nitrogens is 1. The van der Waals surface area contributed by atoms with Crippen LogP contribution in [0.3, 0.4) is 0 Å². The first-order chi connectivity index (χ1) is 8.66. The maximum Gasteiger partial charge on any atom is 0.125 e. The minimum Gasteiger partial charge on any atom is -0.397 e. The molecule has 4 heteroatoms. The molecule has 1 heterocycles. The minimum atomic E-state index is -0.307. The van der Waals surface area contributed by atoms with Gasteiger partial charge < -0.3 is 10.6 Å². The summed E-state index contributed by atoms with van der Waals surface area (Å²) in [7, 11) is 1.95. The lowest BCUT2D eigenvalue weighted by Crippen LogP contribution is -2.21. The molecule has 0 bridgehead atoms. The van der Waals surface area contributed by atoms with Crippen molar-refractivity contribution in [3.05, 3.63) is 54.1 Å². The second-order valence-electron chi connectivity index (χ2n) is 4.23. The molecule has 2 N–H and O–H groups in total. The van der Waals surface area contributed by atoms with E-state index in [4.69, 9.17) is 5.73 Å². The summed E-state index contributed by atoms with van der Waals surface area (Å²) in [6, 6.07) is 8.45. The van der Waals surface area contributed by atoms with E-state index < -0.39 is 0 Å². The van der Waals surface area contributed by atoms with E-state index >= 15 is 0 Å². The molecule has 18 heavy (non-hydrogen) atoms. The Morgan fingerprint density at radius 2 is 1.94 bits per heavy atom. The van der Waals surface area contributed by atoms with Crippen LogP contribution >= 0.6 is 0 Å². The van der Waals surface area contributed by atoms with Crippen LogP contribution in [0.1, 0.15) is 5.56 Å². The molecule has 0 aliphatic rings. The Kier molecular flexibility index (Phi) is 3.77. The highest BCUT2D eigenvalue weighted by molar-refractivity contribution is 5.67. The Bertz CT molecular complexity index is 514. The predicted molar refractivity (Wildman–Crippen MR) is 72.0 cm³/mol. The van der Waals surface area contributed by atoms with Gasteiger partial charge >= 0.3 is 0 Å². The maximum atomic E-state index is 13.0. The van der Waals surface area contributed by atoms with Gasteiger partial charge in [-0.15, -0.1) is 0 Å². The summed E-state index contributed by atoms with van der Waals surface area (Å²) in [6.07, 6.45) is 4.46. The van der Waals surface area contributed by atoms with Gasteiger partial charge in [-0.05, 0) is 42.3 Å². The van der Waals surface area contributed by atoms with E-state index in [1.165, 1.54) is 17.7 Å². The average Bonchev–Trinajstić information content (AvgIpc) is 2.37. The van der Waals surface area contributed by atoms with Crippen LogP contribution in [0.25, 0.3) is 0 Å². The van der Waals surface area contributed by atoms with Gasteiger partial charge in [-0.3, -0.25) is 4.98 Å². The molecule has 0 spiro atoms. The molecule has 0 amide bonds. The van der Waals surface area contributed by atoms with Crippen molar-refractivity contribution in [3.63, 3.8) is 0 Å². The lowest BCUT2D eigenvalue weighted by atomic mass is 10.2. The highest BCUT2D eigenvalue weighted by Gasteiger charge is 2.06. The SMILES string of the molecule is CN(CCc1ccncc1)c1ccc(F)cc1N. The first-order valence-electron chi connectivity index (χ1n) is 5.82. The van der Waals surface area contributed by atoms with Crippen LogP contribution in [0, 0.1) is 5.82 Å². The standard InChI is InChI=1S/C14H16FN3/c1-18(9-6-11-4-7-17-8-5-11)14-3-2-12(15)10-13(14)16/h2-5,7-8,10H,6,9,16H2,1H3. The van der Waals surface area contributed by atoms with Gasteiger partial charge in [0.25, 0.3) is 0 Å². The number of halogens is 1. The number of pyridine rings is 1. The second-order valence-corrected chi connectivity index (χ2v) is 4.23. The van der Waals surface area contributed by atoms with Crippen molar-refractivity contribution in [2.24, 2.45) is 0 Å². The summed E-state index contributed by atoms with van der Waals surface area (Å²) in [5.74, 6) is -0.307. The van der Waals surface area contributed by atoms with Crippen molar-refractivity contribution in [1.82, 2.24) is 4.98 Å². The molecule has 0 aliphatic heterocycles. The highest BCUT2D eigenvalue weighted by atomic mass is 19.1. The Hall–Kier alpha value is -2.10.